The second kappa shape index (κ2) is 9.76. The third kappa shape index (κ3) is 5.68. The van der Waals surface area contributed by atoms with Crippen molar-refractivity contribution in [3.63, 3.8) is 0 Å². The van der Waals surface area contributed by atoms with Crippen molar-refractivity contribution in [3.05, 3.63) is 95.2 Å². The van der Waals surface area contributed by atoms with E-state index >= 15 is 0 Å². The molecule has 4 rings (SSSR count). The lowest BCUT2D eigenvalue weighted by molar-refractivity contribution is -0.143. The van der Waals surface area contributed by atoms with E-state index in [1.54, 1.807) is 19.1 Å². The van der Waals surface area contributed by atoms with E-state index in [2.05, 4.69) is 4.98 Å². The van der Waals surface area contributed by atoms with Crippen LogP contribution in [0.3, 0.4) is 0 Å². The molecule has 1 aromatic heterocycles. The van der Waals surface area contributed by atoms with Gasteiger partial charge in [0.1, 0.15) is 0 Å². The molecule has 0 saturated carbocycles. The fourth-order valence-corrected chi connectivity index (χ4v) is 3.95. The van der Waals surface area contributed by atoms with E-state index in [1.807, 2.05) is 42.5 Å². The van der Waals surface area contributed by atoms with Crippen molar-refractivity contribution in [2.45, 2.75) is 25.8 Å². The summed E-state index contributed by atoms with van der Waals surface area (Å²) in [5.74, 6) is 0.141. The molecule has 1 heterocycles. The topological polar surface area (TPSA) is 42.4 Å². The van der Waals surface area contributed by atoms with Gasteiger partial charge in [-0.1, -0.05) is 48.5 Å². The Morgan fingerprint density at radius 1 is 0.865 bits per heavy atom. The summed E-state index contributed by atoms with van der Waals surface area (Å²) in [5, 5.41) is 0.706. The van der Waals surface area contributed by atoms with Gasteiger partial charge in [-0.25, -0.2) is 9.78 Å². The van der Waals surface area contributed by atoms with Gasteiger partial charge >= 0.3 is 18.4 Å². The van der Waals surface area contributed by atoms with Gasteiger partial charge in [0.05, 0.1) is 22.3 Å². The third-order valence-corrected chi connectivity index (χ3v) is 5.65. The van der Waals surface area contributed by atoms with E-state index in [9.17, 15) is 31.1 Å². The number of ether oxygens (including phenoxy) is 1. The highest BCUT2D eigenvalue weighted by molar-refractivity contribution is 5.99. The molecule has 4 nitrogen and oxygen atoms in total. The zero-order chi connectivity index (χ0) is 27.0. The number of rotatable bonds is 4. The lowest BCUT2D eigenvalue weighted by Crippen LogP contribution is -2.30. The highest BCUT2D eigenvalue weighted by atomic mass is 19.4. The number of hydrogen-bond acceptors (Lipinski definition) is 3. The van der Waals surface area contributed by atoms with Crippen LogP contribution in [0.1, 0.15) is 22.4 Å². The van der Waals surface area contributed by atoms with Gasteiger partial charge in [-0.05, 0) is 42.3 Å². The van der Waals surface area contributed by atoms with E-state index in [-0.39, 0.29) is 17.4 Å². The molecule has 192 valence electrons. The Hall–Kier alpha value is -4.08. The summed E-state index contributed by atoms with van der Waals surface area (Å²) in [4.78, 5) is 18.4. The lowest BCUT2D eigenvalue weighted by atomic mass is 9.99. The Balaban J connectivity index is 1.69. The van der Waals surface area contributed by atoms with Crippen LogP contribution in [-0.2, 0) is 18.9 Å². The molecule has 3 aromatic carbocycles. The largest absolute Gasteiger partial charge is 0.416 e. The number of carbonyl (C=O) groups excluding carboxylic acids is 1. The van der Waals surface area contributed by atoms with Crippen molar-refractivity contribution in [1.29, 1.82) is 0 Å². The van der Waals surface area contributed by atoms with E-state index < -0.39 is 36.1 Å². The summed E-state index contributed by atoms with van der Waals surface area (Å²) in [6.07, 6.45) is -11.0. The molecule has 0 N–H and O–H groups in total. The Labute approximate surface area is 208 Å². The minimum atomic E-state index is -4.99. The Morgan fingerprint density at radius 3 is 2.03 bits per heavy atom. The molecule has 4 aromatic rings. The van der Waals surface area contributed by atoms with E-state index in [4.69, 9.17) is 4.74 Å². The monoisotopic (exact) mass is 518 g/mol. The van der Waals surface area contributed by atoms with Crippen LogP contribution in [0.4, 0.5) is 31.1 Å². The molecule has 0 spiro atoms. The van der Waals surface area contributed by atoms with Gasteiger partial charge in [0.2, 0.25) is 0 Å². The number of aromatic nitrogens is 1. The first kappa shape index (κ1) is 26.0. The number of nitrogens with zero attached hydrogens (tertiary/aromatic N) is 2. The van der Waals surface area contributed by atoms with E-state index in [0.29, 0.717) is 34.3 Å². The minimum Gasteiger partial charge on any atom is -0.408 e. The molecule has 0 unspecified atom stereocenters. The van der Waals surface area contributed by atoms with E-state index in [0.717, 1.165) is 10.5 Å². The van der Waals surface area contributed by atoms with Gasteiger partial charge in [-0.3, -0.25) is 0 Å². The number of fused-ring (bicyclic) bond motifs is 1. The standard InChI is InChI=1S/C27H20F6N2O2/c1-16-24(23(18-8-4-3-5-9-18)21-10-6-7-11-22(21)34-16)37-25(36)35(2)15-17-12-19(26(28,29)30)14-20(13-17)27(31,32)33/h3-14H,15H2,1-2H3. The molecule has 1 amide bonds. The van der Waals surface area contributed by atoms with Crippen molar-refractivity contribution in [2.24, 2.45) is 0 Å². The summed E-state index contributed by atoms with van der Waals surface area (Å²) in [6, 6.07) is 17.5. The number of pyridine rings is 1. The van der Waals surface area contributed by atoms with Gasteiger partial charge in [0.15, 0.2) is 5.75 Å². The Kier molecular flexibility index (Phi) is 6.86. The van der Waals surface area contributed by atoms with Crippen molar-refractivity contribution in [3.8, 4) is 16.9 Å². The first-order valence-corrected chi connectivity index (χ1v) is 11.0. The molecule has 0 aliphatic rings. The van der Waals surface area contributed by atoms with Crippen LogP contribution < -0.4 is 4.74 Å². The Morgan fingerprint density at radius 2 is 1.43 bits per heavy atom. The number of para-hydroxylation sites is 1. The average Bonchev–Trinajstić information content (AvgIpc) is 2.83. The molecule has 10 heteroatoms. The first-order valence-electron chi connectivity index (χ1n) is 11.0. The highest BCUT2D eigenvalue weighted by Crippen LogP contribution is 2.39. The molecule has 0 aliphatic heterocycles. The normalized spacial score (nSPS) is 12.0. The van der Waals surface area contributed by atoms with Gasteiger partial charge in [-0.2, -0.15) is 26.3 Å². The molecule has 0 saturated heterocycles. The molecular weight excluding hydrogens is 498 g/mol. The molecule has 0 radical (unpaired) electrons. The van der Waals surface area contributed by atoms with Crippen LogP contribution >= 0.6 is 0 Å². The van der Waals surface area contributed by atoms with Crippen molar-refractivity contribution in [2.75, 3.05) is 7.05 Å². The maximum absolute atomic E-state index is 13.2. The zero-order valence-corrected chi connectivity index (χ0v) is 19.6. The van der Waals surface area contributed by atoms with Gasteiger partial charge in [0.25, 0.3) is 0 Å². The second-order valence-electron chi connectivity index (χ2n) is 8.42. The molecule has 37 heavy (non-hydrogen) atoms. The van der Waals surface area contributed by atoms with Crippen LogP contribution in [-0.4, -0.2) is 23.0 Å². The van der Waals surface area contributed by atoms with Crippen LogP contribution in [0.2, 0.25) is 0 Å². The molecule has 0 aliphatic carbocycles. The number of halogens is 6. The maximum Gasteiger partial charge on any atom is 0.416 e. The summed E-state index contributed by atoms with van der Waals surface area (Å²) in [5.41, 5.74) is -0.891. The molecule has 0 fully saturated rings. The number of aryl methyl sites for hydroxylation is 1. The third-order valence-electron chi connectivity index (χ3n) is 5.65. The van der Waals surface area contributed by atoms with Gasteiger partial charge < -0.3 is 9.64 Å². The molecule has 0 atom stereocenters. The average molecular weight is 518 g/mol. The highest BCUT2D eigenvalue weighted by Gasteiger charge is 2.37. The zero-order valence-electron chi connectivity index (χ0n) is 19.6. The number of amides is 1. The summed E-state index contributed by atoms with van der Waals surface area (Å²) >= 11 is 0. The SMILES string of the molecule is Cc1nc2ccccc2c(-c2ccccc2)c1OC(=O)N(C)Cc1cc(C(F)(F)F)cc(C(F)(F)F)c1. The maximum atomic E-state index is 13.2. The number of benzene rings is 3. The quantitative estimate of drug-likeness (QED) is 0.258. The number of hydrogen-bond donors (Lipinski definition) is 0. The summed E-state index contributed by atoms with van der Waals surface area (Å²) in [6.45, 7) is 1.09. The molecule has 0 bridgehead atoms. The number of alkyl halides is 6. The number of carbonyl (C=O) groups is 1. The summed E-state index contributed by atoms with van der Waals surface area (Å²) in [7, 11) is 1.22. The summed E-state index contributed by atoms with van der Waals surface area (Å²) < 4.78 is 85.0. The molecular formula is C27H20F6N2O2. The van der Waals surface area contributed by atoms with Crippen molar-refractivity contribution in [1.82, 2.24) is 9.88 Å². The Bertz CT molecular complexity index is 1420. The predicted molar refractivity (Wildman–Crippen MR) is 126 cm³/mol. The smallest absolute Gasteiger partial charge is 0.408 e. The van der Waals surface area contributed by atoms with Crippen LogP contribution in [0.25, 0.3) is 22.0 Å². The van der Waals surface area contributed by atoms with Gasteiger partial charge in [-0.15, -0.1) is 0 Å². The predicted octanol–water partition coefficient (Wildman–Crippen LogP) is 7.88. The van der Waals surface area contributed by atoms with Crippen LogP contribution in [0.5, 0.6) is 5.75 Å². The van der Waals surface area contributed by atoms with Gasteiger partial charge in [0, 0.05) is 24.5 Å². The lowest BCUT2D eigenvalue weighted by Gasteiger charge is -2.21. The first-order chi connectivity index (χ1) is 17.3. The minimum absolute atomic E-state index is 0.0397. The second-order valence-corrected chi connectivity index (χ2v) is 8.42. The van der Waals surface area contributed by atoms with Crippen molar-refractivity contribution < 1.29 is 35.9 Å². The fourth-order valence-electron chi connectivity index (χ4n) is 3.95. The fraction of sp³-hybridized carbons (Fsp3) is 0.185. The van der Waals surface area contributed by atoms with Crippen LogP contribution in [0.15, 0.2) is 72.8 Å². The van der Waals surface area contributed by atoms with Crippen LogP contribution in [0, 0.1) is 6.92 Å². The van der Waals surface area contributed by atoms with E-state index in [1.165, 1.54) is 7.05 Å². The van der Waals surface area contributed by atoms with Crippen molar-refractivity contribution >= 4 is 17.0 Å².